The molecule has 2 heterocycles. The molecular weight excluding hydrogens is 510 g/mol. The number of benzene rings is 3. The van der Waals surface area contributed by atoms with Gasteiger partial charge in [0.05, 0.1) is 10.4 Å². The van der Waals surface area contributed by atoms with E-state index in [4.69, 9.17) is 9.97 Å². The van der Waals surface area contributed by atoms with Crippen LogP contribution in [0.15, 0.2) is 77.7 Å². The van der Waals surface area contributed by atoms with Gasteiger partial charge in [0, 0.05) is 54.2 Å². The maximum absolute atomic E-state index is 12.9. The van der Waals surface area contributed by atoms with Gasteiger partial charge in [-0.15, -0.1) is 0 Å². The summed E-state index contributed by atoms with van der Waals surface area (Å²) in [4.78, 5) is 14.4. The van der Waals surface area contributed by atoms with Crippen LogP contribution in [0.25, 0.3) is 10.9 Å². The standard InChI is InChI=1S/C29H35N7O2S/c1-29(2,3)34-39(37,38)24-9-7-8-22(20-24)30-27-25-10-5-6-11-26(25)32-28(33-27)31-21-12-14-23(15-13-21)36-18-16-35(4)17-19-36/h5-15,20,34H,16-19H2,1-4H3,(H2,30,31,32,33). The van der Waals surface area contributed by atoms with Crippen molar-refractivity contribution in [2.45, 2.75) is 31.2 Å². The van der Waals surface area contributed by atoms with Gasteiger partial charge in [0.1, 0.15) is 5.82 Å². The van der Waals surface area contributed by atoms with E-state index >= 15 is 0 Å². The number of piperazine rings is 1. The highest BCUT2D eigenvalue weighted by Gasteiger charge is 2.22. The number of hydrogen-bond donors (Lipinski definition) is 3. The first kappa shape index (κ1) is 26.9. The first-order valence-corrected chi connectivity index (χ1v) is 14.5. The van der Waals surface area contributed by atoms with E-state index in [1.54, 1.807) is 18.2 Å². The van der Waals surface area contributed by atoms with E-state index in [2.05, 4.69) is 44.3 Å². The van der Waals surface area contributed by atoms with E-state index in [9.17, 15) is 8.42 Å². The Morgan fingerprint density at radius 3 is 2.23 bits per heavy atom. The lowest BCUT2D eigenvalue weighted by Gasteiger charge is -2.34. The average Bonchev–Trinajstić information content (AvgIpc) is 2.89. The predicted octanol–water partition coefficient (Wildman–Crippen LogP) is 4.95. The van der Waals surface area contributed by atoms with Crippen molar-refractivity contribution >= 4 is 49.8 Å². The van der Waals surface area contributed by atoms with Crippen molar-refractivity contribution < 1.29 is 8.42 Å². The molecule has 9 nitrogen and oxygen atoms in total. The summed E-state index contributed by atoms with van der Waals surface area (Å²) in [7, 11) is -1.53. The smallest absolute Gasteiger partial charge is 0.241 e. The van der Waals surface area contributed by atoms with Crippen LogP contribution in [0, 0.1) is 0 Å². The summed E-state index contributed by atoms with van der Waals surface area (Å²) in [5, 5.41) is 7.46. The third kappa shape index (κ3) is 6.65. The van der Waals surface area contributed by atoms with Crippen molar-refractivity contribution in [2.24, 2.45) is 0 Å². The van der Waals surface area contributed by atoms with Crippen LogP contribution in [0.4, 0.5) is 28.8 Å². The Labute approximate surface area is 230 Å². The van der Waals surface area contributed by atoms with Crippen molar-refractivity contribution in [3.8, 4) is 0 Å². The summed E-state index contributed by atoms with van der Waals surface area (Å²) in [5.41, 5.74) is 2.87. The van der Waals surface area contributed by atoms with Crippen molar-refractivity contribution in [2.75, 3.05) is 48.8 Å². The number of anilines is 5. The van der Waals surface area contributed by atoms with Gasteiger partial charge in [-0.1, -0.05) is 18.2 Å². The molecule has 0 unspecified atom stereocenters. The largest absolute Gasteiger partial charge is 0.369 e. The molecule has 1 aliphatic rings. The number of likely N-dealkylation sites (N-methyl/N-ethyl adjacent to an activating group) is 1. The molecule has 0 atom stereocenters. The van der Waals surface area contributed by atoms with Crippen LogP contribution in [0.5, 0.6) is 0 Å². The monoisotopic (exact) mass is 545 g/mol. The molecule has 0 aliphatic carbocycles. The van der Waals surface area contributed by atoms with Crippen LogP contribution in [0.1, 0.15) is 20.8 Å². The number of sulfonamides is 1. The van der Waals surface area contributed by atoms with Gasteiger partial charge in [-0.3, -0.25) is 0 Å². The SMILES string of the molecule is CN1CCN(c2ccc(Nc3nc(Nc4cccc(S(=O)(=O)NC(C)(C)C)c4)c4ccccc4n3)cc2)CC1. The van der Waals surface area contributed by atoms with Gasteiger partial charge in [-0.2, -0.15) is 4.98 Å². The fourth-order valence-corrected chi connectivity index (χ4v) is 5.98. The molecule has 0 radical (unpaired) electrons. The molecule has 3 N–H and O–H groups in total. The first-order valence-electron chi connectivity index (χ1n) is 13.0. The Bertz CT molecular complexity index is 1560. The van der Waals surface area contributed by atoms with Gasteiger partial charge in [-0.25, -0.2) is 18.1 Å². The molecule has 3 aromatic carbocycles. The minimum Gasteiger partial charge on any atom is -0.369 e. The Balaban J connectivity index is 1.39. The minimum absolute atomic E-state index is 0.180. The van der Waals surface area contributed by atoms with Crippen molar-refractivity contribution in [3.05, 3.63) is 72.8 Å². The highest BCUT2D eigenvalue weighted by Crippen LogP contribution is 2.28. The highest BCUT2D eigenvalue weighted by molar-refractivity contribution is 7.89. The molecule has 0 amide bonds. The molecule has 1 aromatic heterocycles. The van der Waals surface area contributed by atoms with Gasteiger partial charge in [-0.05, 0) is 82.4 Å². The lowest BCUT2D eigenvalue weighted by molar-refractivity contribution is 0.313. The summed E-state index contributed by atoms with van der Waals surface area (Å²) >= 11 is 0. The maximum atomic E-state index is 12.9. The lowest BCUT2D eigenvalue weighted by atomic mass is 10.1. The quantitative estimate of drug-likeness (QED) is 0.300. The fraction of sp³-hybridized carbons (Fsp3) is 0.310. The van der Waals surface area contributed by atoms with Crippen LogP contribution in [-0.2, 0) is 10.0 Å². The Kier molecular flexibility index (Phi) is 7.44. The van der Waals surface area contributed by atoms with Crippen LogP contribution in [0.2, 0.25) is 0 Å². The predicted molar refractivity (Wildman–Crippen MR) is 159 cm³/mol. The van der Waals surface area contributed by atoms with E-state index in [1.165, 1.54) is 5.69 Å². The molecular formula is C29H35N7O2S. The molecule has 4 aromatic rings. The number of hydrogen-bond acceptors (Lipinski definition) is 8. The molecule has 1 saturated heterocycles. The van der Waals surface area contributed by atoms with E-state index in [0.717, 1.165) is 42.8 Å². The molecule has 5 rings (SSSR count). The summed E-state index contributed by atoms with van der Waals surface area (Å²) in [6.45, 7) is 9.59. The number of aromatic nitrogens is 2. The third-order valence-electron chi connectivity index (χ3n) is 6.44. The number of para-hydroxylation sites is 1. The fourth-order valence-electron chi connectivity index (χ4n) is 4.52. The Morgan fingerprint density at radius 2 is 1.51 bits per heavy atom. The minimum atomic E-state index is -3.68. The average molecular weight is 546 g/mol. The molecule has 10 heteroatoms. The number of nitrogens with one attached hydrogen (secondary N) is 3. The van der Waals surface area contributed by atoms with E-state index in [1.807, 2.05) is 63.2 Å². The van der Waals surface area contributed by atoms with Gasteiger partial charge < -0.3 is 20.4 Å². The third-order valence-corrected chi connectivity index (χ3v) is 8.20. The van der Waals surface area contributed by atoms with Crippen LogP contribution >= 0.6 is 0 Å². The molecule has 0 spiro atoms. The summed E-state index contributed by atoms with van der Waals surface area (Å²) in [6, 6.07) is 22.7. The lowest BCUT2D eigenvalue weighted by Crippen LogP contribution is -2.44. The number of nitrogens with zero attached hydrogens (tertiary/aromatic N) is 4. The van der Waals surface area contributed by atoms with Crippen LogP contribution in [0.3, 0.4) is 0 Å². The second-order valence-electron chi connectivity index (χ2n) is 10.9. The van der Waals surface area contributed by atoms with E-state index in [-0.39, 0.29) is 4.90 Å². The summed E-state index contributed by atoms with van der Waals surface area (Å²) in [6.07, 6.45) is 0. The zero-order valence-electron chi connectivity index (χ0n) is 22.8. The van der Waals surface area contributed by atoms with Gasteiger partial charge in [0.25, 0.3) is 0 Å². The van der Waals surface area contributed by atoms with Crippen LogP contribution in [-0.4, -0.2) is 62.1 Å². The number of fused-ring (bicyclic) bond motifs is 1. The van der Waals surface area contributed by atoms with Gasteiger partial charge >= 0.3 is 0 Å². The zero-order valence-corrected chi connectivity index (χ0v) is 23.6. The van der Waals surface area contributed by atoms with Crippen molar-refractivity contribution in [1.82, 2.24) is 19.6 Å². The maximum Gasteiger partial charge on any atom is 0.241 e. The topological polar surface area (TPSA) is 102 Å². The van der Waals surface area contributed by atoms with Crippen molar-refractivity contribution in [1.29, 1.82) is 0 Å². The normalized spacial score (nSPS) is 14.9. The van der Waals surface area contributed by atoms with E-state index in [0.29, 0.717) is 17.5 Å². The molecule has 0 saturated carbocycles. The Hall–Kier alpha value is -3.73. The highest BCUT2D eigenvalue weighted by atomic mass is 32.2. The summed E-state index contributed by atoms with van der Waals surface area (Å²) in [5.74, 6) is 1.03. The molecule has 1 fully saturated rings. The second-order valence-corrected chi connectivity index (χ2v) is 12.6. The molecule has 1 aliphatic heterocycles. The first-order chi connectivity index (χ1) is 18.6. The van der Waals surface area contributed by atoms with E-state index < -0.39 is 15.6 Å². The molecule has 0 bridgehead atoms. The number of rotatable bonds is 7. The Morgan fingerprint density at radius 1 is 0.795 bits per heavy atom. The zero-order chi connectivity index (χ0) is 27.6. The molecule has 204 valence electrons. The second kappa shape index (κ2) is 10.8. The van der Waals surface area contributed by atoms with Gasteiger partial charge in [0.15, 0.2) is 0 Å². The van der Waals surface area contributed by atoms with Crippen LogP contribution < -0.4 is 20.3 Å². The van der Waals surface area contributed by atoms with Crippen molar-refractivity contribution in [3.63, 3.8) is 0 Å². The molecule has 39 heavy (non-hydrogen) atoms. The van der Waals surface area contributed by atoms with Gasteiger partial charge in [0.2, 0.25) is 16.0 Å². The summed E-state index contributed by atoms with van der Waals surface area (Å²) < 4.78 is 28.5.